The minimum atomic E-state index is 0.118. The van der Waals surface area contributed by atoms with Crippen LogP contribution < -0.4 is 0 Å². The van der Waals surface area contributed by atoms with Gasteiger partial charge in [-0.05, 0) is 50.5 Å². The highest BCUT2D eigenvalue weighted by Crippen LogP contribution is 2.35. The largest absolute Gasteiger partial charge is 0.368 e. The number of carbonyl (C=O) groups excluding carboxylic acids is 1. The molecule has 1 aromatic rings. The van der Waals surface area contributed by atoms with E-state index in [1.54, 1.807) is 0 Å². The molecule has 160 valence electrons. The summed E-state index contributed by atoms with van der Waals surface area (Å²) in [6.07, 6.45) is 8.09. The van der Waals surface area contributed by atoms with Gasteiger partial charge in [0.1, 0.15) is 10.9 Å². The van der Waals surface area contributed by atoms with Crippen LogP contribution in [0.3, 0.4) is 0 Å². The Morgan fingerprint density at radius 1 is 0.897 bits per heavy atom. The quantitative estimate of drug-likeness (QED) is 0.579. The van der Waals surface area contributed by atoms with Gasteiger partial charge in [0.15, 0.2) is 0 Å². The molecule has 0 aromatic heterocycles. The number of hydrogen-bond donors (Lipinski definition) is 0. The highest BCUT2D eigenvalue weighted by molar-refractivity contribution is 8.00. The van der Waals surface area contributed by atoms with Crippen molar-refractivity contribution in [2.75, 3.05) is 24.7 Å². The molecule has 1 amide bonds. The second-order valence-corrected chi connectivity index (χ2v) is 10.7. The first-order valence-electron chi connectivity index (χ1n) is 11.1. The van der Waals surface area contributed by atoms with Crippen LogP contribution in [-0.2, 0) is 20.8 Å². The van der Waals surface area contributed by atoms with E-state index in [4.69, 9.17) is 9.47 Å². The summed E-state index contributed by atoms with van der Waals surface area (Å²) >= 11 is 3.77. The van der Waals surface area contributed by atoms with E-state index >= 15 is 0 Å². The van der Waals surface area contributed by atoms with Crippen molar-refractivity contribution < 1.29 is 14.3 Å². The summed E-state index contributed by atoms with van der Waals surface area (Å²) in [5, 5.41) is 0. The molecule has 29 heavy (non-hydrogen) atoms. The van der Waals surface area contributed by atoms with Gasteiger partial charge in [0.25, 0.3) is 0 Å². The van der Waals surface area contributed by atoms with Crippen molar-refractivity contribution in [2.45, 2.75) is 68.4 Å². The number of ether oxygens (including phenoxy) is 2. The zero-order chi connectivity index (χ0) is 19.9. The van der Waals surface area contributed by atoms with Crippen molar-refractivity contribution in [2.24, 2.45) is 5.92 Å². The van der Waals surface area contributed by atoms with E-state index in [2.05, 4.69) is 29.2 Å². The Balaban J connectivity index is 1.36. The van der Waals surface area contributed by atoms with Gasteiger partial charge in [0.2, 0.25) is 5.91 Å². The number of rotatable bonds is 8. The van der Waals surface area contributed by atoms with Gasteiger partial charge in [-0.15, -0.1) is 23.5 Å². The molecule has 3 aliphatic rings. The van der Waals surface area contributed by atoms with Crippen LogP contribution in [0.1, 0.15) is 50.5 Å². The number of carbonyl (C=O) groups is 1. The van der Waals surface area contributed by atoms with Gasteiger partial charge < -0.3 is 14.4 Å². The monoisotopic (exact) mass is 435 g/mol. The molecule has 0 aliphatic carbocycles. The third-order valence-electron chi connectivity index (χ3n) is 6.06. The van der Waals surface area contributed by atoms with Crippen LogP contribution in [0.15, 0.2) is 30.3 Å². The van der Waals surface area contributed by atoms with Gasteiger partial charge in [-0.3, -0.25) is 4.79 Å². The molecule has 0 bridgehead atoms. The Bertz CT molecular complexity index is 632. The van der Waals surface area contributed by atoms with Crippen LogP contribution >= 0.6 is 23.5 Å². The smallest absolute Gasteiger partial charge is 0.227 e. The van der Waals surface area contributed by atoms with Crippen LogP contribution in [-0.4, -0.2) is 52.4 Å². The summed E-state index contributed by atoms with van der Waals surface area (Å²) in [7, 11) is 0. The first-order valence-corrected chi connectivity index (χ1v) is 13.2. The summed E-state index contributed by atoms with van der Waals surface area (Å²) in [5.74, 6) is 2.31. The van der Waals surface area contributed by atoms with Crippen molar-refractivity contribution in [3.63, 3.8) is 0 Å². The summed E-state index contributed by atoms with van der Waals surface area (Å²) in [6, 6.07) is 10.7. The Kier molecular flexibility index (Phi) is 8.23. The predicted molar refractivity (Wildman–Crippen MR) is 121 cm³/mol. The molecule has 0 N–H and O–H groups in total. The van der Waals surface area contributed by atoms with Gasteiger partial charge >= 0.3 is 0 Å². The molecule has 0 radical (unpaired) electrons. The normalized spacial score (nSPS) is 30.6. The molecule has 3 aliphatic heterocycles. The van der Waals surface area contributed by atoms with E-state index in [-0.39, 0.29) is 11.4 Å². The SMILES string of the molecule is O=C1C(CSC2CCCCO2)CC(CSC2CCCCO2)N1Cc1ccccc1. The molecule has 4 unspecified atom stereocenters. The molecule has 6 heteroatoms. The zero-order valence-corrected chi connectivity index (χ0v) is 18.8. The van der Waals surface area contributed by atoms with E-state index in [1.165, 1.54) is 31.2 Å². The molecule has 1 aromatic carbocycles. The van der Waals surface area contributed by atoms with Gasteiger partial charge in [0, 0.05) is 43.2 Å². The van der Waals surface area contributed by atoms with Crippen LogP contribution in [0.25, 0.3) is 0 Å². The van der Waals surface area contributed by atoms with Crippen molar-refractivity contribution >= 4 is 29.4 Å². The maximum Gasteiger partial charge on any atom is 0.227 e. The molecular weight excluding hydrogens is 402 g/mol. The summed E-state index contributed by atoms with van der Waals surface area (Å²) < 4.78 is 11.8. The maximum absolute atomic E-state index is 13.3. The average molecular weight is 436 g/mol. The number of likely N-dealkylation sites (tertiary alicyclic amines) is 1. The van der Waals surface area contributed by atoms with E-state index in [0.29, 0.717) is 17.4 Å². The fourth-order valence-corrected chi connectivity index (χ4v) is 6.91. The molecule has 4 rings (SSSR count). The van der Waals surface area contributed by atoms with E-state index < -0.39 is 0 Å². The number of thioether (sulfide) groups is 2. The standard InChI is InChI=1S/C23H33NO3S2/c25-23-19(16-28-21-10-4-6-12-26-21)14-20(17-29-22-11-5-7-13-27-22)24(23)15-18-8-2-1-3-9-18/h1-3,8-9,19-22H,4-7,10-17H2. The van der Waals surface area contributed by atoms with E-state index in [9.17, 15) is 4.79 Å². The van der Waals surface area contributed by atoms with Crippen molar-refractivity contribution in [1.29, 1.82) is 0 Å². The number of nitrogens with zero attached hydrogens (tertiary/aromatic N) is 1. The first-order chi connectivity index (χ1) is 14.3. The second-order valence-electron chi connectivity index (χ2n) is 8.30. The lowest BCUT2D eigenvalue weighted by atomic mass is 10.1. The Morgan fingerprint density at radius 2 is 1.55 bits per heavy atom. The van der Waals surface area contributed by atoms with Crippen LogP contribution in [0.4, 0.5) is 0 Å². The number of amides is 1. The predicted octanol–water partition coefficient (Wildman–Crippen LogP) is 4.92. The van der Waals surface area contributed by atoms with Crippen molar-refractivity contribution in [3.05, 3.63) is 35.9 Å². The summed E-state index contributed by atoms with van der Waals surface area (Å²) in [6.45, 7) is 2.48. The first kappa shape index (κ1) is 21.5. The Labute approximate surface area is 183 Å². The topological polar surface area (TPSA) is 38.8 Å². The van der Waals surface area contributed by atoms with E-state index in [0.717, 1.165) is 50.5 Å². The van der Waals surface area contributed by atoms with Gasteiger partial charge in [-0.2, -0.15) is 0 Å². The molecule has 3 fully saturated rings. The van der Waals surface area contributed by atoms with Gasteiger partial charge in [0.05, 0.1) is 0 Å². The minimum Gasteiger partial charge on any atom is -0.368 e. The lowest BCUT2D eigenvalue weighted by molar-refractivity contribution is -0.131. The van der Waals surface area contributed by atoms with Crippen LogP contribution in [0, 0.1) is 5.92 Å². The second kappa shape index (κ2) is 11.1. The average Bonchev–Trinajstić information content (AvgIpc) is 3.07. The van der Waals surface area contributed by atoms with Gasteiger partial charge in [-0.1, -0.05) is 30.3 Å². The lowest BCUT2D eigenvalue weighted by Gasteiger charge is -2.28. The third kappa shape index (κ3) is 6.16. The fraction of sp³-hybridized carbons (Fsp3) is 0.696. The number of hydrogen-bond acceptors (Lipinski definition) is 5. The molecule has 4 atom stereocenters. The van der Waals surface area contributed by atoms with Gasteiger partial charge in [-0.25, -0.2) is 0 Å². The third-order valence-corrected chi connectivity index (χ3v) is 8.72. The van der Waals surface area contributed by atoms with E-state index in [1.807, 2.05) is 29.6 Å². The summed E-state index contributed by atoms with van der Waals surface area (Å²) in [4.78, 5) is 15.4. The Hall–Kier alpha value is -0.690. The number of benzene rings is 1. The molecule has 3 heterocycles. The van der Waals surface area contributed by atoms with Crippen LogP contribution in [0.2, 0.25) is 0 Å². The molecule has 0 saturated carbocycles. The van der Waals surface area contributed by atoms with Crippen molar-refractivity contribution in [3.8, 4) is 0 Å². The fourth-order valence-electron chi connectivity index (χ4n) is 4.38. The molecule has 3 saturated heterocycles. The van der Waals surface area contributed by atoms with Crippen molar-refractivity contribution in [1.82, 2.24) is 4.90 Å². The molecule has 0 spiro atoms. The minimum absolute atomic E-state index is 0.118. The highest BCUT2D eigenvalue weighted by atomic mass is 32.2. The Morgan fingerprint density at radius 3 is 2.17 bits per heavy atom. The molecular formula is C23H33NO3S2. The van der Waals surface area contributed by atoms with Crippen LogP contribution in [0.5, 0.6) is 0 Å². The lowest BCUT2D eigenvalue weighted by Crippen LogP contribution is -2.35. The highest BCUT2D eigenvalue weighted by Gasteiger charge is 2.40. The molecule has 4 nitrogen and oxygen atoms in total. The zero-order valence-electron chi connectivity index (χ0n) is 17.2. The summed E-state index contributed by atoms with van der Waals surface area (Å²) in [5.41, 5.74) is 1.80. The maximum atomic E-state index is 13.3.